The van der Waals surface area contributed by atoms with Gasteiger partial charge in [-0.1, -0.05) is 11.8 Å². The third-order valence-corrected chi connectivity index (χ3v) is 3.06. The highest BCUT2D eigenvalue weighted by molar-refractivity contribution is 7.99. The van der Waals surface area contributed by atoms with Gasteiger partial charge in [-0.15, -0.1) is 0 Å². The van der Waals surface area contributed by atoms with Crippen LogP contribution in [-0.2, 0) is 0 Å². The zero-order valence-corrected chi connectivity index (χ0v) is 8.71. The predicted octanol–water partition coefficient (Wildman–Crippen LogP) is 1.94. The van der Waals surface area contributed by atoms with Crippen LogP contribution in [-0.4, -0.2) is 21.7 Å². The molecule has 0 spiro atoms. The third kappa shape index (κ3) is 2.77. The average Bonchev–Trinajstić information content (AvgIpc) is 2.98. The SMILES string of the molecule is O=c1ccn(C2CC2)c(SCC(F)F)n1. The van der Waals surface area contributed by atoms with Gasteiger partial charge < -0.3 is 4.57 Å². The number of rotatable bonds is 4. The monoisotopic (exact) mass is 232 g/mol. The minimum Gasteiger partial charge on any atom is -0.324 e. The smallest absolute Gasteiger partial charge is 0.273 e. The molecule has 0 saturated heterocycles. The summed E-state index contributed by atoms with van der Waals surface area (Å²) < 4.78 is 25.9. The number of aromatic nitrogens is 2. The van der Waals surface area contributed by atoms with E-state index < -0.39 is 6.43 Å². The summed E-state index contributed by atoms with van der Waals surface area (Å²) in [5.74, 6) is -0.316. The van der Waals surface area contributed by atoms with Gasteiger partial charge in [0.15, 0.2) is 5.16 Å². The standard InChI is InChI=1S/C9H10F2N2OS/c10-7(11)5-15-9-12-8(14)3-4-13(9)6-1-2-6/h3-4,6-7H,1-2,5H2. The van der Waals surface area contributed by atoms with Crippen molar-refractivity contribution in [2.75, 3.05) is 5.75 Å². The Hall–Kier alpha value is -0.910. The molecule has 0 bridgehead atoms. The Kier molecular flexibility index (Phi) is 3.04. The van der Waals surface area contributed by atoms with Crippen molar-refractivity contribution in [2.24, 2.45) is 0 Å². The molecule has 2 rings (SSSR count). The highest BCUT2D eigenvalue weighted by Gasteiger charge is 2.25. The molecular weight excluding hydrogens is 222 g/mol. The fraction of sp³-hybridized carbons (Fsp3) is 0.556. The van der Waals surface area contributed by atoms with Crippen molar-refractivity contribution in [3.05, 3.63) is 22.6 Å². The third-order valence-electron chi connectivity index (χ3n) is 2.08. The van der Waals surface area contributed by atoms with Gasteiger partial charge >= 0.3 is 0 Å². The molecule has 0 unspecified atom stereocenters. The summed E-state index contributed by atoms with van der Waals surface area (Å²) in [5, 5.41) is 0.408. The van der Waals surface area contributed by atoms with Crippen molar-refractivity contribution in [1.29, 1.82) is 0 Å². The van der Waals surface area contributed by atoms with Crippen LogP contribution in [0.5, 0.6) is 0 Å². The van der Waals surface area contributed by atoms with Crippen LogP contribution in [0.25, 0.3) is 0 Å². The molecule has 1 saturated carbocycles. The molecule has 3 nitrogen and oxygen atoms in total. The minimum absolute atomic E-state index is 0.316. The molecule has 1 aromatic heterocycles. The van der Waals surface area contributed by atoms with Crippen LogP contribution >= 0.6 is 11.8 Å². The Morgan fingerprint density at radius 1 is 1.60 bits per heavy atom. The molecule has 0 aliphatic heterocycles. The Morgan fingerprint density at radius 2 is 2.33 bits per heavy atom. The van der Waals surface area contributed by atoms with Crippen molar-refractivity contribution in [1.82, 2.24) is 9.55 Å². The van der Waals surface area contributed by atoms with Crippen LogP contribution in [0.3, 0.4) is 0 Å². The maximum absolute atomic E-state index is 12.0. The summed E-state index contributed by atoms with van der Waals surface area (Å²) >= 11 is 0.939. The zero-order chi connectivity index (χ0) is 10.8. The first-order valence-corrected chi connectivity index (χ1v) is 5.65. The van der Waals surface area contributed by atoms with E-state index in [4.69, 9.17) is 0 Å². The largest absolute Gasteiger partial charge is 0.324 e. The second kappa shape index (κ2) is 4.30. The molecule has 1 heterocycles. The number of halogens is 2. The predicted molar refractivity (Wildman–Crippen MR) is 53.5 cm³/mol. The number of hydrogen-bond acceptors (Lipinski definition) is 3. The highest BCUT2D eigenvalue weighted by Crippen LogP contribution is 2.37. The van der Waals surface area contributed by atoms with E-state index in [-0.39, 0.29) is 11.3 Å². The lowest BCUT2D eigenvalue weighted by Gasteiger charge is -2.09. The summed E-state index contributed by atoms with van der Waals surface area (Å²) in [6.45, 7) is 0. The molecule has 0 N–H and O–H groups in total. The number of thioether (sulfide) groups is 1. The van der Waals surface area contributed by atoms with Gasteiger partial charge in [0.1, 0.15) is 0 Å². The second-order valence-electron chi connectivity index (χ2n) is 3.39. The summed E-state index contributed by atoms with van der Waals surface area (Å²) in [6.07, 6.45) is 1.33. The van der Waals surface area contributed by atoms with Crippen LogP contribution in [0, 0.1) is 0 Å². The number of nitrogens with zero attached hydrogens (tertiary/aromatic N) is 2. The molecule has 1 aliphatic carbocycles. The van der Waals surface area contributed by atoms with E-state index in [1.807, 2.05) is 4.57 Å². The van der Waals surface area contributed by atoms with E-state index in [1.165, 1.54) is 6.07 Å². The molecule has 1 aromatic rings. The topological polar surface area (TPSA) is 34.9 Å². The molecule has 0 aromatic carbocycles. The second-order valence-corrected chi connectivity index (χ2v) is 4.38. The van der Waals surface area contributed by atoms with E-state index in [0.29, 0.717) is 11.2 Å². The van der Waals surface area contributed by atoms with Crippen LogP contribution in [0.1, 0.15) is 18.9 Å². The van der Waals surface area contributed by atoms with Crippen molar-refractivity contribution < 1.29 is 8.78 Å². The fourth-order valence-electron chi connectivity index (χ4n) is 1.27. The molecule has 1 fully saturated rings. The highest BCUT2D eigenvalue weighted by atomic mass is 32.2. The Balaban J connectivity index is 2.18. The fourth-order valence-corrected chi connectivity index (χ4v) is 2.06. The van der Waals surface area contributed by atoms with E-state index in [1.54, 1.807) is 6.20 Å². The van der Waals surface area contributed by atoms with Gasteiger partial charge in [-0.3, -0.25) is 4.79 Å². The molecule has 0 atom stereocenters. The van der Waals surface area contributed by atoms with Gasteiger partial charge in [0.2, 0.25) is 6.43 Å². The van der Waals surface area contributed by atoms with E-state index in [0.717, 1.165) is 24.6 Å². The summed E-state index contributed by atoms with van der Waals surface area (Å²) in [4.78, 5) is 14.7. The van der Waals surface area contributed by atoms with Crippen LogP contribution in [0.4, 0.5) is 8.78 Å². The van der Waals surface area contributed by atoms with Crippen molar-refractivity contribution in [3.63, 3.8) is 0 Å². The average molecular weight is 232 g/mol. The van der Waals surface area contributed by atoms with Crippen molar-refractivity contribution >= 4 is 11.8 Å². The van der Waals surface area contributed by atoms with Gasteiger partial charge in [-0.2, -0.15) is 4.98 Å². The molecule has 0 radical (unpaired) electrons. The Morgan fingerprint density at radius 3 is 2.93 bits per heavy atom. The lowest BCUT2D eigenvalue weighted by molar-refractivity contribution is 0.176. The first kappa shape index (κ1) is 10.6. The van der Waals surface area contributed by atoms with Gasteiger partial charge in [0.05, 0.1) is 5.75 Å². The molecule has 1 aliphatic rings. The number of alkyl halides is 2. The number of hydrogen-bond donors (Lipinski definition) is 0. The Bertz CT molecular complexity index is 403. The van der Waals surface area contributed by atoms with Gasteiger partial charge in [0, 0.05) is 18.3 Å². The van der Waals surface area contributed by atoms with Crippen LogP contribution in [0.15, 0.2) is 22.2 Å². The summed E-state index contributed by atoms with van der Waals surface area (Å²) in [5.41, 5.74) is -0.372. The normalized spacial score (nSPS) is 15.9. The lowest BCUT2D eigenvalue weighted by atomic mass is 10.6. The summed E-state index contributed by atoms with van der Waals surface area (Å²) in [7, 11) is 0. The van der Waals surface area contributed by atoms with Crippen molar-refractivity contribution in [3.8, 4) is 0 Å². The zero-order valence-electron chi connectivity index (χ0n) is 7.90. The quantitative estimate of drug-likeness (QED) is 0.587. The molecular formula is C9H10F2N2OS. The lowest BCUT2D eigenvalue weighted by Crippen LogP contribution is -2.13. The molecule has 82 valence electrons. The van der Waals surface area contributed by atoms with Crippen LogP contribution < -0.4 is 5.56 Å². The maximum atomic E-state index is 12.0. The van der Waals surface area contributed by atoms with E-state index in [9.17, 15) is 13.6 Å². The molecule has 15 heavy (non-hydrogen) atoms. The van der Waals surface area contributed by atoms with E-state index in [2.05, 4.69) is 4.98 Å². The van der Waals surface area contributed by atoms with Gasteiger partial charge in [-0.05, 0) is 12.8 Å². The first-order valence-electron chi connectivity index (χ1n) is 4.67. The van der Waals surface area contributed by atoms with E-state index >= 15 is 0 Å². The van der Waals surface area contributed by atoms with Crippen molar-refractivity contribution in [2.45, 2.75) is 30.5 Å². The van der Waals surface area contributed by atoms with Gasteiger partial charge in [0.25, 0.3) is 5.56 Å². The first-order chi connectivity index (χ1) is 7.16. The Labute approximate surface area is 89.5 Å². The minimum atomic E-state index is -2.38. The van der Waals surface area contributed by atoms with Gasteiger partial charge in [-0.25, -0.2) is 8.78 Å². The molecule has 0 amide bonds. The summed E-state index contributed by atoms with van der Waals surface area (Å²) in [6, 6.07) is 1.71. The maximum Gasteiger partial charge on any atom is 0.273 e. The van der Waals surface area contributed by atoms with Crippen LogP contribution in [0.2, 0.25) is 0 Å². The molecule has 6 heteroatoms.